The lowest BCUT2D eigenvalue weighted by Crippen LogP contribution is -2.23. The molecule has 0 aliphatic carbocycles. The van der Waals surface area contributed by atoms with Crippen molar-refractivity contribution >= 4 is 5.91 Å². The van der Waals surface area contributed by atoms with E-state index in [1.54, 1.807) is 29.5 Å². The Balaban J connectivity index is 1.95. The summed E-state index contributed by atoms with van der Waals surface area (Å²) in [5, 5.41) is 6.92. The van der Waals surface area contributed by atoms with Crippen LogP contribution in [0.3, 0.4) is 0 Å². The molecule has 2 heterocycles. The van der Waals surface area contributed by atoms with Crippen LogP contribution in [0, 0.1) is 6.92 Å². The normalized spacial score (nSPS) is 10.7. The zero-order valence-corrected chi connectivity index (χ0v) is 11.3. The summed E-state index contributed by atoms with van der Waals surface area (Å²) in [6.45, 7) is 6.25. The molecule has 0 radical (unpaired) electrons. The van der Waals surface area contributed by atoms with Gasteiger partial charge in [-0.15, -0.1) is 0 Å². The molecule has 2 rings (SSSR count). The third kappa shape index (κ3) is 3.37. The fourth-order valence-corrected chi connectivity index (χ4v) is 1.52. The minimum atomic E-state index is -0.158. The fraction of sp³-hybridized carbons (Fsp3) is 0.385. The summed E-state index contributed by atoms with van der Waals surface area (Å²) in [6, 6.07) is 0.240. The molecule has 19 heavy (non-hydrogen) atoms. The number of hydrogen-bond donors (Lipinski definition) is 1. The molecule has 0 saturated carbocycles. The van der Waals surface area contributed by atoms with Crippen molar-refractivity contribution in [3.05, 3.63) is 41.7 Å². The van der Waals surface area contributed by atoms with Gasteiger partial charge in [0.15, 0.2) is 0 Å². The molecular formula is C13H17N5O. The quantitative estimate of drug-likeness (QED) is 0.903. The van der Waals surface area contributed by atoms with Crippen molar-refractivity contribution in [3.63, 3.8) is 0 Å². The maximum absolute atomic E-state index is 11.9. The van der Waals surface area contributed by atoms with Gasteiger partial charge < -0.3 is 5.32 Å². The van der Waals surface area contributed by atoms with Crippen LogP contribution in [0.1, 0.15) is 41.6 Å². The number of hydrogen-bond acceptors (Lipinski definition) is 4. The number of nitrogens with zero attached hydrogens (tertiary/aromatic N) is 4. The van der Waals surface area contributed by atoms with E-state index in [-0.39, 0.29) is 11.9 Å². The van der Waals surface area contributed by atoms with E-state index in [0.29, 0.717) is 12.1 Å². The van der Waals surface area contributed by atoms with Crippen LogP contribution in [0.2, 0.25) is 0 Å². The van der Waals surface area contributed by atoms with Crippen LogP contribution in [0.4, 0.5) is 0 Å². The Morgan fingerprint density at radius 2 is 2.11 bits per heavy atom. The summed E-state index contributed by atoms with van der Waals surface area (Å²) in [7, 11) is 0. The van der Waals surface area contributed by atoms with Gasteiger partial charge in [0.1, 0.15) is 0 Å². The predicted octanol–water partition coefficient (Wildman–Crippen LogP) is 1.49. The first-order valence-corrected chi connectivity index (χ1v) is 6.16. The summed E-state index contributed by atoms with van der Waals surface area (Å²) < 4.78 is 1.75. The molecule has 6 heteroatoms. The van der Waals surface area contributed by atoms with Crippen LogP contribution >= 0.6 is 0 Å². The van der Waals surface area contributed by atoms with Crippen molar-refractivity contribution in [2.75, 3.05) is 0 Å². The second-order valence-electron chi connectivity index (χ2n) is 4.63. The highest BCUT2D eigenvalue weighted by Gasteiger charge is 2.09. The Morgan fingerprint density at radius 1 is 1.32 bits per heavy atom. The molecule has 1 amide bonds. The number of amides is 1. The van der Waals surface area contributed by atoms with Crippen LogP contribution in [-0.2, 0) is 6.54 Å². The van der Waals surface area contributed by atoms with Crippen LogP contribution < -0.4 is 5.32 Å². The second kappa shape index (κ2) is 5.60. The summed E-state index contributed by atoms with van der Waals surface area (Å²) in [5.74, 6) is -0.158. The largest absolute Gasteiger partial charge is 0.346 e. The van der Waals surface area contributed by atoms with E-state index in [0.717, 1.165) is 11.4 Å². The van der Waals surface area contributed by atoms with Crippen molar-refractivity contribution in [1.29, 1.82) is 0 Å². The Morgan fingerprint density at radius 3 is 2.68 bits per heavy atom. The number of aromatic nitrogens is 4. The topological polar surface area (TPSA) is 72.7 Å². The summed E-state index contributed by atoms with van der Waals surface area (Å²) in [6.07, 6.45) is 6.64. The minimum absolute atomic E-state index is 0.158. The van der Waals surface area contributed by atoms with Crippen molar-refractivity contribution in [2.24, 2.45) is 0 Å². The third-order valence-corrected chi connectivity index (χ3v) is 2.66. The average Bonchev–Trinajstić information content (AvgIpc) is 2.87. The van der Waals surface area contributed by atoms with Gasteiger partial charge in [0, 0.05) is 18.4 Å². The third-order valence-electron chi connectivity index (χ3n) is 2.66. The van der Waals surface area contributed by atoms with Crippen molar-refractivity contribution in [3.8, 4) is 0 Å². The van der Waals surface area contributed by atoms with E-state index < -0.39 is 0 Å². The van der Waals surface area contributed by atoms with Crippen molar-refractivity contribution < 1.29 is 4.79 Å². The van der Waals surface area contributed by atoms with Crippen LogP contribution in [0.25, 0.3) is 0 Å². The Kier molecular flexibility index (Phi) is 3.89. The maximum atomic E-state index is 11.9. The average molecular weight is 259 g/mol. The summed E-state index contributed by atoms with van der Waals surface area (Å²) >= 11 is 0. The molecule has 0 atom stereocenters. The van der Waals surface area contributed by atoms with Crippen LogP contribution in [0.15, 0.2) is 24.8 Å². The molecule has 0 spiro atoms. The molecular weight excluding hydrogens is 242 g/mol. The lowest BCUT2D eigenvalue weighted by Gasteiger charge is -2.04. The summed E-state index contributed by atoms with van der Waals surface area (Å²) in [4.78, 5) is 20.2. The summed E-state index contributed by atoms with van der Waals surface area (Å²) in [5.41, 5.74) is 2.14. The smallest absolute Gasteiger partial charge is 0.254 e. The van der Waals surface area contributed by atoms with Crippen LogP contribution in [-0.4, -0.2) is 25.7 Å². The monoisotopic (exact) mass is 259 g/mol. The van der Waals surface area contributed by atoms with Crippen LogP contribution in [0.5, 0.6) is 0 Å². The molecule has 0 fully saturated rings. The van der Waals surface area contributed by atoms with E-state index in [2.05, 4.69) is 20.4 Å². The van der Waals surface area contributed by atoms with Gasteiger partial charge in [-0.25, -0.2) is 0 Å². The second-order valence-corrected chi connectivity index (χ2v) is 4.63. The van der Waals surface area contributed by atoms with E-state index >= 15 is 0 Å². The van der Waals surface area contributed by atoms with Gasteiger partial charge in [-0.1, -0.05) is 0 Å². The standard InChI is InChI=1S/C13H17N5O/c1-9(2)18-8-11(5-17-18)13(19)16-7-12-6-14-10(3)4-15-12/h4-6,8-9H,7H2,1-3H3,(H,16,19). The van der Waals surface area contributed by atoms with Gasteiger partial charge in [-0.3, -0.25) is 19.4 Å². The molecule has 0 bridgehead atoms. The molecule has 0 unspecified atom stereocenters. The Labute approximate surface area is 111 Å². The van der Waals surface area contributed by atoms with E-state index in [4.69, 9.17) is 0 Å². The van der Waals surface area contributed by atoms with Gasteiger partial charge in [0.25, 0.3) is 5.91 Å². The van der Waals surface area contributed by atoms with Gasteiger partial charge in [-0.05, 0) is 20.8 Å². The Hall–Kier alpha value is -2.24. The molecule has 0 aromatic carbocycles. The molecule has 6 nitrogen and oxygen atoms in total. The molecule has 1 N–H and O–H groups in total. The zero-order chi connectivity index (χ0) is 13.8. The first kappa shape index (κ1) is 13.2. The number of aryl methyl sites for hydroxylation is 1. The highest BCUT2D eigenvalue weighted by Crippen LogP contribution is 2.05. The highest BCUT2D eigenvalue weighted by atomic mass is 16.1. The fourth-order valence-electron chi connectivity index (χ4n) is 1.52. The molecule has 0 aliphatic rings. The van der Waals surface area contributed by atoms with E-state index in [1.165, 1.54) is 0 Å². The molecule has 100 valence electrons. The minimum Gasteiger partial charge on any atom is -0.346 e. The Bertz CT molecular complexity index is 559. The first-order valence-electron chi connectivity index (χ1n) is 6.16. The number of carbonyl (C=O) groups is 1. The number of carbonyl (C=O) groups excluding carboxylic acids is 1. The molecule has 2 aromatic heterocycles. The number of nitrogens with one attached hydrogen (secondary N) is 1. The maximum Gasteiger partial charge on any atom is 0.254 e. The first-order chi connectivity index (χ1) is 9.06. The van der Waals surface area contributed by atoms with E-state index in [9.17, 15) is 4.79 Å². The van der Waals surface area contributed by atoms with Gasteiger partial charge >= 0.3 is 0 Å². The molecule has 2 aromatic rings. The predicted molar refractivity (Wildman–Crippen MR) is 70.6 cm³/mol. The van der Waals surface area contributed by atoms with Gasteiger partial charge in [-0.2, -0.15) is 5.10 Å². The van der Waals surface area contributed by atoms with Crippen molar-refractivity contribution in [1.82, 2.24) is 25.1 Å². The van der Waals surface area contributed by atoms with Gasteiger partial charge in [0.2, 0.25) is 0 Å². The van der Waals surface area contributed by atoms with Gasteiger partial charge in [0.05, 0.1) is 35.9 Å². The lowest BCUT2D eigenvalue weighted by molar-refractivity contribution is 0.0950. The lowest BCUT2D eigenvalue weighted by atomic mass is 10.3. The molecule has 0 saturated heterocycles. The van der Waals surface area contributed by atoms with E-state index in [1.807, 2.05) is 20.8 Å². The van der Waals surface area contributed by atoms with Crippen molar-refractivity contribution in [2.45, 2.75) is 33.4 Å². The molecule has 0 aliphatic heterocycles. The highest BCUT2D eigenvalue weighted by molar-refractivity contribution is 5.93. The SMILES string of the molecule is Cc1cnc(CNC(=O)c2cnn(C(C)C)c2)cn1. The zero-order valence-electron chi connectivity index (χ0n) is 11.3. The number of rotatable bonds is 4.